The van der Waals surface area contributed by atoms with Gasteiger partial charge in [0.25, 0.3) is 0 Å². The fourth-order valence-electron chi connectivity index (χ4n) is 2.14. The van der Waals surface area contributed by atoms with Gasteiger partial charge in [0.05, 0.1) is 7.11 Å². The molecule has 0 radical (unpaired) electrons. The molecule has 3 heteroatoms. The van der Waals surface area contributed by atoms with Gasteiger partial charge in [-0.3, -0.25) is 0 Å². The van der Waals surface area contributed by atoms with Crippen LogP contribution >= 0.6 is 22.6 Å². The van der Waals surface area contributed by atoms with Crippen LogP contribution in [-0.2, 0) is 5.41 Å². The van der Waals surface area contributed by atoms with Gasteiger partial charge < -0.3 is 10.1 Å². The number of halogens is 1. The lowest BCUT2D eigenvalue weighted by molar-refractivity contribution is 0.380. The van der Waals surface area contributed by atoms with E-state index >= 15 is 0 Å². The lowest BCUT2D eigenvalue weighted by Gasteiger charge is -2.27. The molecule has 0 aliphatic rings. The second-order valence-electron chi connectivity index (χ2n) is 6.08. The number of methoxy groups -OCH3 is 1. The van der Waals surface area contributed by atoms with Crippen molar-refractivity contribution in [2.75, 3.05) is 20.2 Å². The van der Waals surface area contributed by atoms with E-state index in [1.807, 2.05) is 0 Å². The number of nitrogens with one attached hydrogen (secondary N) is 1. The second-order valence-corrected chi connectivity index (χ2v) is 7.32. The summed E-state index contributed by atoms with van der Waals surface area (Å²) in [5.74, 6) is 1.70. The summed E-state index contributed by atoms with van der Waals surface area (Å²) in [6.45, 7) is 11.2. The zero-order valence-electron chi connectivity index (χ0n) is 12.7. The summed E-state index contributed by atoms with van der Waals surface area (Å²) in [6.07, 6.45) is 1.11. The molecule has 0 saturated carbocycles. The van der Waals surface area contributed by atoms with Gasteiger partial charge in [0, 0.05) is 9.13 Å². The number of rotatable bonds is 7. The molecule has 0 fully saturated rings. The van der Waals surface area contributed by atoms with Crippen molar-refractivity contribution in [3.05, 3.63) is 27.3 Å². The zero-order chi connectivity index (χ0) is 14.5. The molecule has 0 saturated heterocycles. The second kappa shape index (κ2) is 7.48. The number of hydrogen-bond donors (Lipinski definition) is 1. The van der Waals surface area contributed by atoms with Crippen LogP contribution in [0.25, 0.3) is 0 Å². The van der Waals surface area contributed by atoms with Crippen LogP contribution in [0, 0.1) is 9.49 Å². The van der Waals surface area contributed by atoms with Gasteiger partial charge >= 0.3 is 0 Å². The fraction of sp³-hybridized carbons (Fsp3) is 0.625. The highest BCUT2D eigenvalue weighted by molar-refractivity contribution is 14.1. The van der Waals surface area contributed by atoms with E-state index in [4.69, 9.17) is 4.74 Å². The van der Waals surface area contributed by atoms with E-state index in [9.17, 15) is 0 Å². The van der Waals surface area contributed by atoms with Crippen molar-refractivity contribution in [3.63, 3.8) is 0 Å². The van der Waals surface area contributed by atoms with Gasteiger partial charge in [-0.15, -0.1) is 0 Å². The Kier molecular flexibility index (Phi) is 6.60. The van der Waals surface area contributed by atoms with Crippen LogP contribution < -0.4 is 10.1 Å². The lowest BCUT2D eigenvalue weighted by atomic mass is 9.81. The van der Waals surface area contributed by atoms with E-state index in [2.05, 4.69) is 73.8 Å². The van der Waals surface area contributed by atoms with Crippen LogP contribution in [-0.4, -0.2) is 20.2 Å². The Morgan fingerprint density at radius 1 is 1.32 bits per heavy atom. The number of benzene rings is 1. The Morgan fingerprint density at radius 2 is 2.00 bits per heavy atom. The summed E-state index contributed by atoms with van der Waals surface area (Å²) < 4.78 is 6.77. The lowest BCUT2D eigenvalue weighted by Crippen LogP contribution is -2.28. The molecular formula is C16H26INO. The van der Waals surface area contributed by atoms with Crippen molar-refractivity contribution < 1.29 is 4.74 Å². The number of hydrogen-bond acceptors (Lipinski definition) is 2. The number of ether oxygens (including phenoxy) is 1. The highest BCUT2D eigenvalue weighted by atomic mass is 127. The van der Waals surface area contributed by atoms with Gasteiger partial charge in [0.1, 0.15) is 5.75 Å². The first-order valence-corrected chi connectivity index (χ1v) is 7.99. The first kappa shape index (κ1) is 16.8. The molecule has 1 aromatic carbocycles. The molecule has 0 amide bonds. The van der Waals surface area contributed by atoms with E-state index in [1.165, 1.54) is 9.13 Å². The van der Waals surface area contributed by atoms with Crippen LogP contribution in [0.4, 0.5) is 0 Å². The van der Waals surface area contributed by atoms with E-state index in [0.717, 1.165) is 25.3 Å². The van der Waals surface area contributed by atoms with Crippen LogP contribution in [0.3, 0.4) is 0 Å². The molecule has 0 atom stereocenters. The van der Waals surface area contributed by atoms with Gasteiger partial charge in [-0.1, -0.05) is 27.7 Å². The monoisotopic (exact) mass is 375 g/mol. The molecule has 1 N–H and O–H groups in total. The predicted octanol–water partition coefficient (Wildman–Crippen LogP) is 4.21. The average molecular weight is 375 g/mol. The molecule has 1 rings (SSSR count). The smallest absolute Gasteiger partial charge is 0.122 e. The van der Waals surface area contributed by atoms with Gasteiger partial charge in [-0.25, -0.2) is 0 Å². The Hall–Kier alpha value is -0.290. The van der Waals surface area contributed by atoms with Gasteiger partial charge in [-0.05, 0) is 71.6 Å². The maximum absolute atomic E-state index is 5.51. The highest BCUT2D eigenvalue weighted by Crippen LogP contribution is 2.35. The van der Waals surface area contributed by atoms with Crippen LogP contribution in [0.1, 0.15) is 39.7 Å². The van der Waals surface area contributed by atoms with Gasteiger partial charge in [-0.2, -0.15) is 0 Å². The molecule has 0 unspecified atom stereocenters. The first-order chi connectivity index (χ1) is 8.86. The van der Waals surface area contributed by atoms with Crippen LogP contribution in [0.2, 0.25) is 0 Å². The molecule has 2 nitrogen and oxygen atoms in total. The molecule has 0 aromatic heterocycles. The maximum atomic E-state index is 5.51. The molecule has 1 aromatic rings. The Bertz CT molecular complexity index is 402. The van der Waals surface area contributed by atoms with Crippen molar-refractivity contribution in [3.8, 4) is 5.75 Å². The normalized spacial score (nSPS) is 11.9. The SMILES string of the molecule is COc1ccc(I)cc1C(C)(C)CCNCC(C)C. The van der Waals surface area contributed by atoms with Crippen molar-refractivity contribution >= 4 is 22.6 Å². The summed E-state index contributed by atoms with van der Waals surface area (Å²) >= 11 is 2.36. The fourth-order valence-corrected chi connectivity index (χ4v) is 2.63. The molecule has 0 aliphatic carbocycles. The molecule has 19 heavy (non-hydrogen) atoms. The maximum Gasteiger partial charge on any atom is 0.122 e. The van der Waals surface area contributed by atoms with Crippen molar-refractivity contribution in [2.45, 2.75) is 39.5 Å². The molecule has 0 bridgehead atoms. The van der Waals surface area contributed by atoms with Gasteiger partial charge in [0.15, 0.2) is 0 Å². The molecule has 0 spiro atoms. The summed E-state index contributed by atoms with van der Waals surface area (Å²) in [5.41, 5.74) is 1.42. The quantitative estimate of drug-likeness (QED) is 0.569. The molecule has 0 aliphatic heterocycles. The Labute approximate surface area is 131 Å². The Morgan fingerprint density at radius 3 is 2.58 bits per heavy atom. The topological polar surface area (TPSA) is 21.3 Å². The minimum atomic E-state index is 0.122. The highest BCUT2D eigenvalue weighted by Gasteiger charge is 2.24. The zero-order valence-corrected chi connectivity index (χ0v) is 14.9. The summed E-state index contributed by atoms with van der Waals surface area (Å²) in [7, 11) is 1.75. The minimum absolute atomic E-state index is 0.122. The van der Waals surface area contributed by atoms with Crippen molar-refractivity contribution in [1.29, 1.82) is 0 Å². The molecule has 0 heterocycles. The summed E-state index contributed by atoms with van der Waals surface area (Å²) in [6, 6.07) is 6.40. The third-order valence-electron chi connectivity index (χ3n) is 3.37. The summed E-state index contributed by atoms with van der Waals surface area (Å²) in [5, 5.41) is 3.52. The summed E-state index contributed by atoms with van der Waals surface area (Å²) in [4.78, 5) is 0. The molecule has 108 valence electrons. The van der Waals surface area contributed by atoms with E-state index < -0.39 is 0 Å². The van der Waals surface area contributed by atoms with Crippen LogP contribution in [0.5, 0.6) is 5.75 Å². The van der Waals surface area contributed by atoms with Crippen molar-refractivity contribution in [2.24, 2.45) is 5.92 Å². The largest absolute Gasteiger partial charge is 0.496 e. The van der Waals surface area contributed by atoms with E-state index in [1.54, 1.807) is 7.11 Å². The third kappa shape index (κ3) is 5.30. The standard InChI is InChI=1S/C16H26INO/c1-12(2)11-18-9-8-16(3,4)14-10-13(17)6-7-15(14)19-5/h6-7,10,12,18H,8-9,11H2,1-5H3. The minimum Gasteiger partial charge on any atom is -0.496 e. The van der Waals surface area contributed by atoms with Crippen molar-refractivity contribution in [1.82, 2.24) is 5.32 Å². The third-order valence-corrected chi connectivity index (χ3v) is 4.04. The molecular weight excluding hydrogens is 349 g/mol. The van der Waals surface area contributed by atoms with E-state index in [-0.39, 0.29) is 5.41 Å². The Balaban J connectivity index is 2.73. The first-order valence-electron chi connectivity index (χ1n) is 6.91. The van der Waals surface area contributed by atoms with E-state index in [0.29, 0.717) is 5.92 Å². The van der Waals surface area contributed by atoms with Crippen LogP contribution in [0.15, 0.2) is 18.2 Å². The van der Waals surface area contributed by atoms with Gasteiger partial charge in [0.2, 0.25) is 0 Å². The average Bonchev–Trinajstić information content (AvgIpc) is 2.34. The predicted molar refractivity (Wildman–Crippen MR) is 91.1 cm³/mol.